The molecule has 0 spiro atoms. The first-order chi connectivity index (χ1) is 11.1. The van der Waals surface area contributed by atoms with Gasteiger partial charge in [-0.15, -0.1) is 0 Å². The van der Waals surface area contributed by atoms with E-state index in [9.17, 15) is 9.18 Å². The van der Waals surface area contributed by atoms with E-state index in [1.807, 2.05) is 30.3 Å². The summed E-state index contributed by atoms with van der Waals surface area (Å²) in [7, 11) is 0. The number of halogens is 2. The van der Waals surface area contributed by atoms with Crippen molar-refractivity contribution in [2.45, 2.75) is 6.61 Å². The van der Waals surface area contributed by atoms with Gasteiger partial charge < -0.3 is 15.8 Å². The maximum atomic E-state index is 13.3. The maximum absolute atomic E-state index is 13.3. The Morgan fingerprint density at radius 2 is 2.04 bits per heavy atom. The van der Waals surface area contributed by atoms with Crippen LogP contribution in [-0.2, 0) is 11.3 Å². The summed E-state index contributed by atoms with van der Waals surface area (Å²) in [4.78, 5) is 11.5. The minimum atomic E-state index is -0.589. The van der Waals surface area contributed by atoms with Gasteiger partial charge in [0.1, 0.15) is 12.4 Å². The van der Waals surface area contributed by atoms with Crippen LogP contribution in [0.25, 0.3) is 0 Å². The number of anilines is 1. The molecule has 2 rings (SSSR count). The van der Waals surface area contributed by atoms with Crippen LogP contribution < -0.4 is 11.1 Å². The van der Waals surface area contributed by atoms with Gasteiger partial charge >= 0.3 is 6.09 Å². The van der Waals surface area contributed by atoms with Crippen molar-refractivity contribution in [1.82, 2.24) is 5.32 Å². The molecule has 3 N–H and O–H groups in total. The summed E-state index contributed by atoms with van der Waals surface area (Å²) in [5.41, 5.74) is 6.54. The van der Waals surface area contributed by atoms with Gasteiger partial charge in [-0.2, -0.15) is 0 Å². The first kappa shape index (κ1) is 16.7. The summed E-state index contributed by atoms with van der Waals surface area (Å²) in [6.45, 7) is 0.227. The van der Waals surface area contributed by atoms with Gasteiger partial charge in [0, 0.05) is 5.56 Å². The molecule has 0 fully saturated rings. The third-order valence-corrected chi connectivity index (χ3v) is 3.16. The average Bonchev–Trinajstić information content (AvgIpc) is 2.55. The lowest BCUT2D eigenvalue weighted by Crippen LogP contribution is -2.24. The number of hydrogen-bond donors (Lipinski definition) is 2. The SMILES string of the molecule is Nc1cc(Cl)c(C#CCNC(=O)OCc2ccccc2)cc1F. The molecule has 118 valence electrons. The van der Waals surface area contributed by atoms with E-state index in [0.29, 0.717) is 5.56 Å². The van der Waals surface area contributed by atoms with Crippen LogP contribution in [0.15, 0.2) is 42.5 Å². The minimum Gasteiger partial charge on any atom is -0.445 e. The topological polar surface area (TPSA) is 64.3 Å². The molecule has 0 aliphatic heterocycles. The molecule has 23 heavy (non-hydrogen) atoms. The van der Waals surface area contributed by atoms with Crippen molar-refractivity contribution in [2.24, 2.45) is 0 Å². The number of ether oxygens (including phenoxy) is 1. The van der Waals surface area contributed by atoms with Gasteiger partial charge in [-0.3, -0.25) is 0 Å². The largest absolute Gasteiger partial charge is 0.445 e. The third-order valence-electron chi connectivity index (χ3n) is 2.84. The summed E-state index contributed by atoms with van der Waals surface area (Å²) in [6.07, 6.45) is -0.585. The summed E-state index contributed by atoms with van der Waals surface area (Å²) in [5.74, 6) is 4.74. The average molecular weight is 333 g/mol. The maximum Gasteiger partial charge on any atom is 0.408 e. The monoisotopic (exact) mass is 332 g/mol. The van der Waals surface area contributed by atoms with E-state index < -0.39 is 11.9 Å². The lowest BCUT2D eigenvalue weighted by Gasteiger charge is -2.04. The van der Waals surface area contributed by atoms with Crippen molar-refractivity contribution in [3.05, 3.63) is 64.4 Å². The lowest BCUT2D eigenvalue weighted by molar-refractivity contribution is 0.141. The summed E-state index contributed by atoms with van der Waals surface area (Å²) in [6, 6.07) is 11.7. The van der Waals surface area contributed by atoms with Crippen molar-refractivity contribution in [3.63, 3.8) is 0 Å². The first-order valence-electron chi connectivity index (χ1n) is 6.74. The normalized spacial score (nSPS) is 9.65. The Hall–Kier alpha value is -2.71. The Bertz CT molecular complexity index is 754. The van der Waals surface area contributed by atoms with Crippen molar-refractivity contribution in [1.29, 1.82) is 0 Å². The number of nitrogen functional groups attached to an aromatic ring is 1. The van der Waals surface area contributed by atoms with Crippen molar-refractivity contribution >= 4 is 23.4 Å². The Kier molecular flexibility index (Phi) is 5.84. The van der Waals surface area contributed by atoms with E-state index in [-0.39, 0.29) is 23.9 Å². The van der Waals surface area contributed by atoms with E-state index in [1.165, 1.54) is 6.07 Å². The second-order valence-corrected chi connectivity index (χ2v) is 4.98. The van der Waals surface area contributed by atoms with Crippen LogP contribution in [0.1, 0.15) is 11.1 Å². The zero-order chi connectivity index (χ0) is 16.7. The highest BCUT2D eigenvalue weighted by molar-refractivity contribution is 6.32. The van der Waals surface area contributed by atoms with Crippen LogP contribution in [0.5, 0.6) is 0 Å². The molecule has 0 saturated carbocycles. The molecule has 0 radical (unpaired) electrons. The van der Waals surface area contributed by atoms with E-state index in [4.69, 9.17) is 22.1 Å². The number of alkyl carbamates (subject to hydrolysis) is 1. The predicted octanol–water partition coefficient (Wildman–Crippen LogP) is 3.34. The van der Waals surface area contributed by atoms with Crippen LogP contribution in [0.2, 0.25) is 5.02 Å². The number of rotatable bonds is 3. The number of hydrogen-bond acceptors (Lipinski definition) is 3. The van der Waals surface area contributed by atoms with Crippen molar-refractivity contribution in [3.8, 4) is 11.8 Å². The molecule has 6 heteroatoms. The van der Waals surface area contributed by atoms with Gasteiger partial charge in [0.15, 0.2) is 0 Å². The molecule has 0 unspecified atom stereocenters. The number of carbonyl (C=O) groups is 1. The third kappa shape index (κ3) is 5.20. The van der Waals surface area contributed by atoms with Crippen LogP contribution in [-0.4, -0.2) is 12.6 Å². The number of nitrogens with two attached hydrogens (primary N) is 1. The van der Waals surface area contributed by atoms with Crippen molar-refractivity contribution in [2.75, 3.05) is 12.3 Å². The van der Waals surface area contributed by atoms with Crippen LogP contribution >= 0.6 is 11.6 Å². The van der Waals surface area contributed by atoms with E-state index in [2.05, 4.69) is 17.2 Å². The summed E-state index contributed by atoms with van der Waals surface area (Å²) in [5, 5.41) is 2.73. The van der Waals surface area contributed by atoms with Gasteiger partial charge in [0.05, 0.1) is 17.3 Å². The number of nitrogens with one attached hydrogen (secondary N) is 1. The fourth-order valence-corrected chi connectivity index (χ4v) is 1.91. The Morgan fingerprint density at radius 1 is 1.30 bits per heavy atom. The molecule has 2 aromatic rings. The quantitative estimate of drug-likeness (QED) is 0.669. The van der Waals surface area contributed by atoms with E-state index in [0.717, 1.165) is 11.6 Å². The number of benzene rings is 2. The molecule has 0 heterocycles. The molecule has 4 nitrogen and oxygen atoms in total. The molecule has 0 bridgehead atoms. The van der Waals surface area contributed by atoms with Crippen LogP contribution in [0.3, 0.4) is 0 Å². The molecule has 0 aromatic heterocycles. The predicted molar refractivity (Wildman–Crippen MR) is 87.3 cm³/mol. The molecular weight excluding hydrogens is 319 g/mol. The molecular formula is C17H14ClFN2O2. The zero-order valence-corrected chi connectivity index (χ0v) is 12.9. The smallest absolute Gasteiger partial charge is 0.408 e. The molecule has 0 aliphatic carbocycles. The standard InChI is InChI=1S/C17H14ClFN2O2/c18-14-10-16(20)15(19)9-13(14)7-4-8-21-17(22)23-11-12-5-2-1-3-6-12/h1-3,5-6,9-10H,8,11,20H2,(H,21,22). The highest BCUT2D eigenvalue weighted by atomic mass is 35.5. The van der Waals surface area contributed by atoms with E-state index in [1.54, 1.807) is 0 Å². The van der Waals surface area contributed by atoms with Crippen LogP contribution in [0.4, 0.5) is 14.9 Å². The molecule has 0 aliphatic rings. The summed E-state index contributed by atoms with van der Waals surface area (Å²) < 4.78 is 18.3. The van der Waals surface area contributed by atoms with Gasteiger partial charge in [0.25, 0.3) is 0 Å². The Balaban J connectivity index is 1.81. The van der Waals surface area contributed by atoms with Crippen LogP contribution in [0, 0.1) is 17.7 Å². The van der Waals surface area contributed by atoms with E-state index >= 15 is 0 Å². The van der Waals surface area contributed by atoms with Gasteiger partial charge in [0.2, 0.25) is 0 Å². The Morgan fingerprint density at radius 3 is 2.78 bits per heavy atom. The Labute approximate surface area is 138 Å². The molecule has 2 aromatic carbocycles. The van der Waals surface area contributed by atoms with Gasteiger partial charge in [-0.05, 0) is 17.7 Å². The van der Waals surface area contributed by atoms with Gasteiger partial charge in [-0.1, -0.05) is 53.8 Å². The highest BCUT2D eigenvalue weighted by Crippen LogP contribution is 2.21. The zero-order valence-electron chi connectivity index (χ0n) is 12.1. The second-order valence-electron chi connectivity index (χ2n) is 4.57. The van der Waals surface area contributed by atoms with Gasteiger partial charge in [-0.25, -0.2) is 9.18 Å². The molecule has 0 saturated heterocycles. The number of amides is 1. The second kappa shape index (κ2) is 8.06. The number of carbonyl (C=O) groups excluding carboxylic acids is 1. The molecule has 1 amide bonds. The summed E-state index contributed by atoms with van der Waals surface area (Å²) >= 11 is 5.90. The fraction of sp³-hybridized carbons (Fsp3) is 0.118. The van der Waals surface area contributed by atoms with Crippen molar-refractivity contribution < 1.29 is 13.9 Å². The molecule has 0 atom stereocenters. The fourth-order valence-electron chi connectivity index (χ4n) is 1.69. The first-order valence-corrected chi connectivity index (χ1v) is 7.12. The lowest BCUT2D eigenvalue weighted by atomic mass is 10.2. The minimum absolute atomic E-state index is 0.0387. The highest BCUT2D eigenvalue weighted by Gasteiger charge is 2.04.